The highest BCUT2D eigenvalue weighted by Crippen LogP contribution is 2.32. The van der Waals surface area contributed by atoms with Crippen molar-refractivity contribution in [3.05, 3.63) is 47.3 Å². The standard InChI is InChI=1S/C20H25NO4S2/c1-25-17-11-9-15(10-12-17)18(27(23,24)19-8-5-13-26-19)14-21-20(22)16-6-3-2-4-7-16/h5,8-13,16,18H,2-4,6-7,14H2,1H3,(H,21,22)/t18-/m0/s1. The lowest BCUT2D eigenvalue weighted by Crippen LogP contribution is -2.36. The van der Waals surface area contributed by atoms with Crippen molar-refractivity contribution in [3.63, 3.8) is 0 Å². The van der Waals surface area contributed by atoms with E-state index in [-0.39, 0.29) is 18.4 Å². The summed E-state index contributed by atoms with van der Waals surface area (Å²) in [5.74, 6) is 0.631. The average Bonchev–Trinajstić information content (AvgIpc) is 3.25. The number of carbonyl (C=O) groups is 1. The van der Waals surface area contributed by atoms with E-state index in [1.54, 1.807) is 48.9 Å². The smallest absolute Gasteiger partial charge is 0.223 e. The molecule has 1 atom stereocenters. The van der Waals surface area contributed by atoms with Gasteiger partial charge in [-0.3, -0.25) is 4.79 Å². The number of carbonyl (C=O) groups excluding carboxylic acids is 1. The number of sulfone groups is 1. The first kappa shape index (κ1) is 19.9. The number of benzene rings is 1. The van der Waals surface area contributed by atoms with E-state index < -0.39 is 15.1 Å². The van der Waals surface area contributed by atoms with Crippen molar-refractivity contribution in [2.24, 2.45) is 5.92 Å². The number of hydrogen-bond donors (Lipinski definition) is 1. The second kappa shape index (κ2) is 8.89. The maximum Gasteiger partial charge on any atom is 0.223 e. The van der Waals surface area contributed by atoms with Crippen molar-refractivity contribution >= 4 is 27.1 Å². The summed E-state index contributed by atoms with van der Waals surface area (Å²) in [5, 5.41) is 3.83. The molecule has 1 N–H and O–H groups in total. The molecule has 1 saturated carbocycles. The fourth-order valence-electron chi connectivity index (χ4n) is 3.49. The Labute approximate surface area is 164 Å². The van der Waals surface area contributed by atoms with E-state index in [1.165, 1.54) is 17.8 Å². The summed E-state index contributed by atoms with van der Waals surface area (Å²) in [7, 11) is -2.03. The average molecular weight is 408 g/mol. The van der Waals surface area contributed by atoms with E-state index in [2.05, 4.69) is 5.32 Å². The zero-order valence-electron chi connectivity index (χ0n) is 15.4. The summed E-state index contributed by atoms with van der Waals surface area (Å²) in [6, 6.07) is 10.3. The number of hydrogen-bond acceptors (Lipinski definition) is 5. The Morgan fingerprint density at radius 2 is 1.89 bits per heavy atom. The fourth-order valence-corrected chi connectivity index (χ4v) is 6.36. The maximum atomic E-state index is 13.2. The summed E-state index contributed by atoms with van der Waals surface area (Å²) in [5.41, 5.74) is 0.646. The van der Waals surface area contributed by atoms with E-state index in [0.717, 1.165) is 25.7 Å². The van der Waals surface area contributed by atoms with Gasteiger partial charge in [-0.1, -0.05) is 37.5 Å². The topological polar surface area (TPSA) is 72.5 Å². The van der Waals surface area contributed by atoms with Crippen molar-refractivity contribution in [3.8, 4) is 5.75 Å². The van der Waals surface area contributed by atoms with E-state index in [4.69, 9.17) is 4.74 Å². The van der Waals surface area contributed by atoms with E-state index in [0.29, 0.717) is 15.5 Å². The van der Waals surface area contributed by atoms with Crippen molar-refractivity contribution in [2.45, 2.75) is 41.6 Å². The van der Waals surface area contributed by atoms with Crippen LogP contribution in [-0.2, 0) is 14.6 Å². The summed E-state index contributed by atoms with van der Waals surface area (Å²) in [4.78, 5) is 12.5. The maximum absolute atomic E-state index is 13.2. The molecule has 1 heterocycles. The molecule has 1 amide bonds. The summed E-state index contributed by atoms with van der Waals surface area (Å²) in [6.45, 7) is 0.0713. The Balaban J connectivity index is 1.82. The predicted molar refractivity (Wildman–Crippen MR) is 107 cm³/mol. The number of rotatable bonds is 7. The molecule has 0 spiro atoms. The van der Waals surface area contributed by atoms with Crippen LogP contribution in [0.15, 0.2) is 46.0 Å². The van der Waals surface area contributed by atoms with Crippen molar-refractivity contribution in [1.29, 1.82) is 0 Å². The quantitative estimate of drug-likeness (QED) is 0.754. The molecule has 2 aromatic rings. The molecule has 1 fully saturated rings. The van der Waals surface area contributed by atoms with Crippen LogP contribution < -0.4 is 10.1 Å². The van der Waals surface area contributed by atoms with Gasteiger partial charge in [0.2, 0.25) is 5.91 Å². The minimum Gasteiger partial charge on any atom is -0.497 e. The Hall–Kier alpha value is -1.86. The van der Waals surface area contributed by atoms with Gasteiger partial charge in [-0.15, -0.1) is 11.3 Å². The van der Waals surface area contributed by atoms with Gasteiger partial charge in [0.05, 0.1) is 7.11 Å². The van der Waals surface area contributed by atoms with Crippen LogP contribution >= 0.6 is 11.3 Å². The highest BCUT2D eigenvalue weighted by atomic mass is 32.2. The van der Waals surface area contributed by atoms with Crippen LogP contribution in [0.1, 0.15) is 42.9 Å². The highest BCUT2D eigenvalue weighted by Gasteiger charge is 2.31. The molecule has 5 nitrogen and oxygen atoms in total. The number of ether oxygens (including phenoxy) is 1. The van der Waals surface area contributed by atoms with Gasteiger partial charge < -0.3 is 10.1 Å². The Kier molecular flexibility index (Phi) is 6.55. The second-order valence-electron chi connectivity index (χ2n) is 6.82. The number of methoxy groups -OCH3 is 1. The molecule has 0 bridgehead atoms. The molecule has 27 heavy (non-hydrogen) atoms. The van der Waals surface area contributed by atoms with E-state index >= 15 is 0 Å². The molecule has 0 aliphatic heterocycles. The van der Waals surface area contributed by atoms with Gasteiger partial charge >= 0.3 is 0 Å². The fraction of sp³-hybridized carbons (Fsp3) is 0.450. The van der Waals surface area contributed by atoms with Gasteiger partial charge in [0.15, 0.2) is 9.84 Å². The summed E-state index contributed by atoms with van der Waals surface area (Å²) in [6.07, 6.45) is 5.07. The molecule has 1 aromatic heterocycles. The first-order valence-electron chi connectivity index (χ1n) is 9.21. The minimum atomic E-state index is -3.59. The number of amides is 1. The minimum absolute atomic E-state index is 0.000269. The monoisotopic (exact) mass is 407 g/mol. The number of thiophene rings is 1. The molecule has 0 radical (unpaired) electrons. The highest BCUT2D eigenvalue weighted by molar-refractivity contribution is 7.93. The first-order valence-corrected chi connectivity index (χ1v) is 11.6. The van der Waals surface area contributed by atoms with Crippen LogP contribution in [0.3, 0.4) is 0 Å². The third-order valence-corrected chi connectivity index (χ3v) is 8.61. The lowest BCUT2D eigenvalue weighted by atomic mass is 9.88. The molecule has 1 aromatic carbocycles. The third kappa shape index (κ3) is 4.71. The zero-order valence-corrected chi connectivity index (χ0v) is 17.0. The molecule has 0 saturated heterocycles. The molecule has 146 valence electrons. The van der Waals surface area contributed by atoms with Gasteiger partial charge in [0.1, 0.15) is 15.2 Å². The molecule has 0 unspecified atom stereocenters. The SMILES string of the molecule is COc1ccc([C@H](CNC(=O)C2CCCCC2)S(=O)(=O)c2cccs2)cc1. The van der Waals surface area contributed by atoms with Crippen molar-refractivity contribution in [2.75, 3.05) is 13.7 Å². The van der Waals surface area contributed by atoms with Crippen LogP contribution in [0.25, 0.3) is 0 Å². The summed E-state index contributed by atoms with van der Waals surface area (Å²) < 4.78 is 31.8. The first-order chi connectivity index (χ1) is 13.0. The van der Waals surface area contributed by atoms with Gasteiger partial charge in [0.25, 0.3) is 0 Å². The molecule has 1 aliphatic rings. The Morgan fingerprint density at radius 1 is 1.19 bits per heavy atom. The van der Waals surface area contributed by atoms with Gasteiger partial charge in [0, 0.05) is 12.5 Å². The molecule has 3 rings (SSSR count). The van der Waals surface area contributed by atoms with Crippen molar-refractivity contribution < 1.29 is 17.9 Å². The predicted octanol–water partition coefficient (Wildman–Crippen LogP) is 3.97. The van der Waals surface area contributed by atoms with Gasteiger partial charge in [-0.05, 0) is 42.0 Å². The molecule has 1 aliphatic carbocycles. The molecular formula is C20H25NO4S2. The Bertz CT molecular complexity index is 839. The van der Waals surface area contributed by atoms with Crippen molar-refractivity contribution in [1.82, 2.24) is 5.32 Å². The van der Waals surface area contributed by atoms with Crippen LogP contribution in [0.5, 0.6) is 5.75 Å². The van der Waals surface area contributed by atoms with Crippen LogP contribution in [0, 0.1) is 5.92 Å². The zero-order chi connectivity index (χ0) is 19.3. The largest absolute Gasteiger partial charge is 0.497 e. The summed E-state index contributed by atoms with van der Waals surface area (Å²) >= 11 is 1.20. The van der Waals surface area contributed by atoms with Gasteiger partial charge in [-0.25, -0.2) is 8.42 Å². The lowest BCUT2D eigenvalue weighted by Gasteiger charge is -2.23. The van der Waals surface area contributed by atoms with Crippen LogP contribution in [-0.4, -0.2) is 28.0 Å². The second-order valence-corrected chi connectivity index (χ2v) is 10.1. The lowest BCUT2D eigenvalue weighted by molar-refractivity contribution is -0.125. The number of nitrogens with one attached hydrogen (secondary N) is 1. The third-order valence-electron chi connectivity index (χ3n) is 5.08. The molecular weight excluding hydrogens is 382 g/mol. The van der Waals surface area contributed by atoms with E-state index in [1.807, 2.05) is 0 Å². The Morgan fingerprint density at radius 3 is 2.48 bits per heavy atom. The normalized spacial score (nSPS) is 16.6. The van der Waals surface area contributed by atoms with E-state index in [9.17, 15) is 13.2 Å². The van der Waals surface area contributed by atoms with Gasteiger partial charge in [-0.2, -0.15) is 0 Å². The van der Waals surface area contributed by atoms with Crippen LogP contribution in [0.2, 0.25) is 0 Å². The molecule has 7 heteroatoms. The van der Waals surface area contributed by atoms with Crippen LogP contribution in [0.4, 0.5) is 0 Å².